The van der Waals surface area contributed by atoms with Crippen LogP contribution in [-0.4, -0.2) is 30.4 Å². The first-order valence-electron chi connectivity index (χ1n) is 5.31. The van der Waals surface area contributed by atoms with E-state index in [1.165, 1.54) is 6.34 Å². The van der Waals surface area contributed by atoms with E-state index in [2.05, 4.69) is 25.9 Å². The summed E-state index contributed by atoms with van der Waals surface area (Å²) in [6, 6.07) is 9.16. The number of para-hydroxylation sites is 1. The predicted octanol–water partition coefficient (Wildman–Crippen LogP) is -0.0895. The summed E-state index contributed by atoms with van der Waals surface area (Å²) < 4.78 is 0. The number of hydrogen-bond acceptors (Lipinski definition) is 5. The number of carbonyl (C=O) groups excluding carboxylic acids is 1. The summed E-state index contributed by atoms with van der Waals surface area (Å²) in [5.74, 6) is 0.309. The standard InChI is InChI=1S/C11H11N5O/c17-10-8-9(13-6-12-8)15-11(16-10)14-7-4-2-1-3-5-7/h1-6,8-9H,(H,12,13)(H2,14,15,16,17). The summed E-state index contributed by atoms with van der Waals surface area (Å²) in [5, 5.41) is 8.59. The van der Waals surface area contributed by atoms with Gasteiger partial charge in [-0.2, -0.15) is 0 Å². The second-order valence-electron chi connectivity index (χ2n) is 3.79. The van der Waals surface area contributed by atoms with Gasteiger partial charge in [-0.05, 0) is 12.1 Å². The van der Waals surface area contributed by atoms with Gasteiger partial charge in [0.1, 0.15) is 6.04 Å². The highest BCUT2D eigenvalue weighted by Crippen LogP contribution is 2.12. The molecule has 6 heteroatoms. The van der Waals surface area contributed by atoms with Gasteiger partial charge in [0.2, 0.25) is 5.96 Å². The van der Waals surface area contributed by atoms with Crippen molar-refractivity contribution in [3.63, 3.8) is 0 Å². The minimum atomic E-state index is -0.378. The molecule has 0 saturated carbocycles. The minimum Gasteiger partial charge on any atom is -0.361 e. The molecule has 2 atom stereocenters. The Morgan fingerprint density at radius 1 is 1.24 bits per heavy atom. The smallest absolute Gasteiger partial charge is 0.253 e. The van der Waals surface area contributed by atoms with Crippen LogP contribution in [0.5, 0.6) is 0 Å². The van der Waals surface area contributed by atoms with Crippen LogP contribution in [0.3, 0.4) is 0 Å². The third kappa shape index (κ3) is 1.84. The number of nitrogens with one attached hydrogen (secondary N) is 3. The average molecular weight is 229 g/mol. The Bertz CT molecular complexity index is 496. The Balaban J connectivity index is 1.80. The molecule has 3 rings (SSSR count). The molecule has 2 unspecified atom stereocenters. The summed E-state index contributed by atoms with van der Waals surface area (Å²) in [7, 11) is 0. The number of nitrogens with zero attached hydrogens (tertiary/aromatic N) is 2. The molecule has 0 saturated heterocycles. The molecule has 2 aliphatic rings. The average Bonchev–Trinajstić information content (AvgIpc) is 2.79. The second-order valence-corrected chi connectivity index (χ2v) is 3.79. The van der Waals surface area contributed by atoms with Gasteiger partial charge in [-0.15, -0.1) is 0 Å². The van der Waals surface area contributed by atoms with Crippen LogP contribution in [0.25, 0.3) is 0 Å². The SMILES string of the molecule is O=C1NC(Nc2ccccc2)=NC2N=CNC12. The van der Waals surface area contributed by atoms with Gasteiger partial charge in [-0.25, -0.2) is 9.98 Å². The molecule has 1 amide bonds. The van der Waals surface area contributed by atoms with Crippen LogP contribution in [0, 0.1) is 0 Å². The van der Waals surface area contributed by atoms with E-state index in [4.69, 9.17) is 0 Å². The number of rotatable bonds is 1. The number of hydrogen-bond donors (Lipinski definition) is 3. The first kappa shape index (κ1) is 9.83. The van der Waals surface area contributed by atoms with Gasteiger partial charge in [-0.3, -0.25) is 10.1 Å². The van der Waals surface area contributed by atoms with Crippen LogP contribution in [0.4, 0.5) is 5.69 Å². The van der Waals surface area contributed by atoms with Gasteiger partial charge in [-0.1, -0.05) is 18.2 Å². The number of anilines is 1. The molecular formula is C11H11N5O. The van der Waals surface area contributed by atoms with Crippen molar-refractivity contribution < 1.29 is 4.79 Å². The summed E-state index contributed by atoms with van der Waals surface area (Å²) >= 11 is 0. The molecule has 2 aliphatic heterocycles. The lowest BCUT2D eigenvalue weighted by molar-refractivity contribution is -0.121. The van der Waals surface area contributed by atoms with E-state index in [0.717, 1.165) is 5.69 Å². The molecule has 0 spiro atoms. The molecule has 1 aromatic rings. The summed E-state index contributed by atoms with van der Waals surface area (Å²) in [4.78, 5) is 20.1. The maximum atomic E-state index is 11.7. The van der Waals surface area contributed by atoms with Crippen LogP contribution in [0.1, 0.15) is 0 Å². The zero-order valence-corrected chi connectivity index (χ0v) is 8.92. The van der Waals surface area contributed by atoms with Gasteiger partial charge >= 0.3 is 0 Å². The molecule has 2 heterocycles. The van der Waals surface area contributed by atoms with E-state index in [-0.39, 0.29) is 18.1 Å². The van der Waals surface area contributed by atoms with Crippen LogP contribution in [0.2, 0.25) is 0 Å². The van der Waals surface area contributed by atoms with Crippen LogP contribution >= 0.6 is 0 Å². The number of carbonyl (C=O) groups is 1. The van der Waals surface area contributed by atoms with E-state index in [1.807, 2.05) is 30.3 Å². The van der Waals surface area contributed by atoms with Crippen LogP contribution < -0.4 is 16.0 Å². The van der Waals surface area contributed by atoms with Gasteiger partial charge in [0.15, 0.2) is 6.17 Å². The Kier molecular flexibility index (Phi) is 2.25. The highest BCUT2D eigenvalue weighted by Gasteiger charge is 2.35. The molecular weight excluding hydrogens is 218 g/mol. The Morgan fingerprint density at radius 3 is 2.88 bits per heavy atom. The lowest BCUT2D eigenvalue weighted by Gasteiger charge is -2.22. The maximum absolute atomic E-state index is 11.7. The third-order valence-corrected chi connectivity index (χ3v) is 2.60. The van der Waals surface area contributed by atoms with Crippen LogP contribution in [-0.2, 0) is 4.79 Å². The first-order valence-corrected chi connectivity index (χ1v) is 5.31. The van der Waals surface area contributed by atoms with Crippen molar-refractivity contribution >= 4 is 23.9 Å². The van der Waals surface area contributed by atoms with Crippen molar-refractivity contribution in [1.82, 2.24) is 10.6 Å². The molecule has 0 fully saturated rings. The Hall–Kier alpha value is -2.37. The molecule has 0 aliphatic carbocycles. The number of benzene rings is 1. The first-order chi connectivity index (χ1) is 8.33. The van der Waals surface area contributed by atoms with E-state index in [1.54, 1.807) is 0 Å². The summed E-state index contributed by atoms with van der Waals surface area (Å²) in [6.07, 6.45) is 1.15. The quantitative estimate of drug-likeness (QED) is 0.630. The maximum Gasteiger partial charge on any atom is 0.253 e. The number of amides is 1. The van der Waals surface area contributed by atoms with Crippen molar-refractivity contribution in [2.75, 3.05) is 5.32 Å². The molecule has 1 aromatic carbocycles. The minimum absolute atomic E-state index is 0.124. The van der Waals surface area contributed by atoms with Gasteiger partial charge in [0, 0.05) is 5.69 Å². The zero-order chi connectivity index (χ0) is 11.7. The van der Waals surface area contributed by atoms with E-state index >= 15 is 0 Å². The molecule has 0 aromatic heterocycles. The predicted molar refractivity (Wildman–Crippen MR) is 64.8 cm³/mol. The molecule has 0 bridgehead atoms. The number of aliphatic imine (C=N–C) groups is 2. The summed E-state index contributed by atoms with van der Waals surface area (Å²) in [5.41, 5.74) is 0.875. The normalized spacial score (nSPS) is 25.6. The van der Waals surface area contributed by atoms with Crippen molar-refractivity contribution in [3.05, 3.63) is 30.3 Å². The lowest BCUT2D eigenvalue weighted by atomic mass is 10.2. The number of guanidine groups is 1. The molecule has 3 N–H and O–H groups in total. The molecule has 0 radical (unpaired) electrons. The van der Waals surface area contributed by atoms with Crippen molar-refractivity contribution in [1.29, 1.82) is 0 Å². The summed E-state index contributed by atoms with van der Waals surface area (Å²) in [6.45, 7) is 0. The van der Waals surface area contributed by atoms with Gasteiger partial charge in [0.25, 0.3) is 5.91 Å². The van der Waals surface area contributed by atoms with Crippen molar-refractivity contribution in [2.45, 2.75) is 12.2 Å². The molecule has 17 heavy (non-hydrogen) atoms. The van der Waals surface area contributed by atoms with Gasteiger partial charge < -0.3 is 10.6 Å². The Morgan fingerprint density at radius 2 is 2.06 bits per heavy atom. The van der Waals surface area contributed by atoms with Crippen molar-refractivity contribution in [3.8, 4) is 0 Å². The highest BCUT2D eigenvalue weighted by molar-refractivity contribution is 6.08. The highest BCUT2D eigenvalue weighted by atomic mass is 16.2. The molecule has 6 nitrogen and oxygen atoms in total. The monoisotopic (exact) mass is 229 g/mol. The lowest BCUT2D eigenvalue weighted by Crippen LogP contribution is -2.54. The van der Waals surface area contributed by atoms with E-state index in [9.17, 15) is 4.79 Å². The molecule has 86 valence electrons. The largest absolute Gasteiger partial charge is 0.361 e. The fraction of sp³-hybridized carbons (Fsp3) is 0.182. The van der Waals surface area contributed by atoms with E-state index < -0.39 is 0 Å². The fourth-order valence-electron chi connectivity index (χ4n) is 1.77. The van der Waals surface area contributed by atoms with E-state index in [0.29, 0.717) is 5.96 Å². The zero-order valence-electron chi connectivity index (χ0n) is 8.92. The number of fused-ring (bicyclic) bond motifs is 1. The third-order valence-electron chi connectivity index (χ3n) is 2.60. The second kappa shape index (κ2) is 3.89. The van der Waals surface area contributed by atoms with Crippen molar-refractivity contribution in [2.24, 2.45) is 9.98 Å². The fourth-order valence-corrected chi connectivity index (χ4v) is 1.77. The van der Waals surface area contributed by atoms with Crippen LogP contribution in [0.15, 0.2) is 40.3 Å². The van der Waals surface area contributed by atoms with Gasteiger partial charge in [0.05, 0.1) is 6.34 Å². The Labute approximate surface area is 97.8 Å². The topological polar surface area (TPSA) is 77.9 Å².